The fourth-order valence-electron chi connectivity index (χ4n) is 3.56. The number of hydrogen-bond acceptors (Lipinski definition) is 6. The van der Waals surface area contributed by atoms with Crippen LogP contribution in [-0.4, -0.2) is 42.5 Å². The summed E-state index contributed by atoms with van der Waals surface area (Å²) in [6.45, 7) is 5.55. The molecule has 1 amide bonds. The van der Waals surface area contributed by atoms with E-state index in [2.05, 4.69) is 19.9 Å². The fourth-order valence-corrected chi connectivity index (χ4v) is 5.45. The second kappa shape index (κ2) is 9.37. The number of hydrogen-bond donors (Lipinski definition) is 0. The normalized spacial score (nSPS) is 16.3. The first-order chi connectivity index (χ1) is 14.5. The van der Waals surface area contributed by atoms with Crippen LogP contribution < -0.4 is 9.64 Å². The molecule has 1 unspecified atom stereocenters. The molecule has 3 aromatic rings. The molecule has 5 nitrogen and oxygen atoms in total. The lowest BCUT2D eigenvalue weighted by Crippen LogP contribution is -2.37. The van der Waals surface area contributed by atoms with Gasteiger partial charge in [-0.05, 0) is 43.2 Å². The predicted octanol–water partition coefficient (Wildman–Crippen LogP) is 5.63. The Bertz CT molecular complexity index is 1030. The number of nitrogens with zero attached hydrogens (tertiary/aromatic N) is 2. The van der Waals surface area contributed by atoms with Crippen molar-refractivity contribution in [2.75, 3.05) is 25.2 Å². The highest BCUT2D eigenvalue weighted by molar-refractivity contribution is 7.99. The van der Waals surface area contributed by atoms with Gasteiger partial charge in [0.1, 0.15) is 11.3 Å². The van der Waals surface area contributed by atoms with Gasteiger partial charge in [0.2, 0.25) is 0 Å². The van der Waals surface area contributed by atoms with Crippen LogP contribution in [0.5, 0.6) is 5.75 Å². The number of aromatic nitrogens is 1. The lowest BCUT2D eigenvalue weighted by Gasteiger charge is -2.23. The van der Waals surface area contributed by atoms with E-state index in [1.807, 2.05) is 36.4 Å². The summed E-state index contributed by atoms with van der Waals surface area (Å²) >= 11 is 3.26. The molecule has 1 aromatic heterocycles. The summed E-state index contributed by atoms with van der Waals surface area (Å²) in [5.74, 6) is 0.671. The van der Waals surface area contributed by atoms with Crippen LogP contribution in [0.2, 0.25) is 0 Å². The van der Waals surface area contributed by atoms with Gasteiger partial charge in [-0.2, -0.15) is 0 Å². The average molecular weight is 443 g/mol. The average Bonchev–Trinajstić information content (AvgIpc) is 3.40. The summed E-state index contributed by atoms with van der Waals surface area (Å²) in [5.41, 5.74) is 1.46. The van der Waals surface area contributed by atoms with Crippen LogP contribution in [0.1, 0.15) is 37.0 Å². The summed E-state index contributed by atoms with van der Waals surface area (Å²) in [4.78, 5) is 21.3. The molecule has 1 fully saturated rings. The van der Waals surface area contributed by atoms with E-state index in [0.29, 0.717) is 22.5 Å². The largest absolute Gasteiger partial charge is 0.494 e. The SMILES string of the molecule is COc1cccc2sc(N(CC3CCCO3)C(=O)c3cccc(SC(C)C)c3)nc12. The number of thioether (sulfide) groups is 1. The van der Waals surface area contributed by atoms with Crippen molar-refractivity contribution in [3.63, 3.8) is 0 Å². The molecule has 0 radical (unpaired) electrons. The predicted molar refractivity (Wildman–Crippen MR) is 124 cm³/mol. The van der Waals surface area contributed by atoms with Gasteiger partial charge >= 0.3 is 0 Å². The standard InChI is InChI=1S/C23H26N2O3S2/c1-15(2)29-18-9-4-7-16(13-18)22(26)25(14-17-8-6-12-28-17)23-24-21-19(27-3)10-5-11-20(21)30-23/h4-5,7,9-11,13,15,17H,6,8,12,14H2,1-3H3. The number of methoxy groups -OCH3 is 1. The van der Waals surface area contributed by atoms with Crippen molar-refractivity contribution in [2.24, 2.45) is 0 Å². The van der Waals surface area contributed by atoms with Gasteiger partial charge in [-0.15, -0.1) is 11.8 Å². The Balaban J connectivity index is 1.70. The molecule has 1 aliphatic rings. The molecule has 1 saturated heterocycles. The van der Waals surface area contributed by atoms with Crippen molar-refractivity contribution in [2.45, 2.75) is 42.9 Å². The van der Waals surface area contributed by atoms with Crippen LogP contribution in [0.4, 0.5) is 5.13 Å². The van der Waals surface area contributed by atoms with E-state index in [1.54, 1.807) is 23.8 Å². The number of carbonyl (C=O) groups excluding carboxylic acids is 1. The Morgan fingerprint density at radius 1 is 1.33 bits per heavy atom. The third-order valence-electron chi connectivity index (χ3n) is 4.93. The van der Waals surface area contributed by atoms with E-state index >= 15 is 0 Å². The van der Waals surface area contributed by atoms with Crippen molar-refractivity contribution in [3.8, 4) is 5.75 Å². The van der Waals surface area contributed by atoms with Gasteiger partial charge in [-0.25, -0.2) is 4.98 Å². The van der Waals surface area contributed by atoms with Crippen LogP contribution in [0.15, 0.2) is 47.4 Å². The first-order valence-corrected chi connectivity index (χ1v) is 11.9. The molecule has 0 bridgehead atoms. The number of thiazole rings is 1. The maximum Gasteiger partial charge on any atom is 0.260 e. The maximum absolute atomic E-state index is 13.6. The molecule has 2 aromatic carbocycles. The Labute approximate surface area is 185 Å². The highest BCUT2D eigenvalue weighted by Crippen LogP contribution is 2.35. The summed E-state index contributed by atoms with van der Waals surface area (Å²) in [6, 6.07) is 13.7. The molecule has 0 spiro atoms. The van der Waals surface area contributed by atoms with E-state index < -0.39 is 0 Å². The number of carbonyl (C=O) groups is 1. The van der Waals surface area contributed by atoms with E-state index in [0.717, 1.165) is 40.3 Å². The van der Waals surface area contributed by atoms with Crippen LogP contribution in [0, 0.1) is 0 Å². The fraction of sp³-hybridized carbons (Fsp3) is 0.391. The topological polar surface area (TPSA) is 51.7 Å². The quantitative estimate of drug-likeness (QED) is 0.444. The van der Waals surface area contributed by atoms with Crippen LogP contribution in [0.25, 0.3) is 10.2 Å². The molecular formula is C23H26N2O3S2. The van der Waals surface area contributed by atoms with Crippen molar-refractivity contribution in [1.82, 2.24) is 4.98 Å². The van der Waals surface area contributed by atoms with E-state index in [4.69, 9.17) is 14.5 Å². The molecule has 1 aliphatic heterocycles. The van der Waals surface area contributed by atoms with Gasteiger partial charge in [0.05, 0.1) is 24.5 Å². The molecule has 0 aliphatic carbocycles. The maximum atomic E-state index is 13.6. The van der Waals surface area contributed by atoms with Gasteiger partial charge in [-0.3, -0.25) is 9.69 Å². The lowest BCUT2D eigenvalue weighted by molar-refractivity contribution is 0.0917. The molecule has 30 heavy (non-hydrogen) atoms. The Kier molecular flexibility index (Phi) is 6.61. The zero-order valence-corrected chi connectivity index (χ0v) is 19.1. The Morgan fingerprint density at radius 2 is 2.17 bits per heavy atom. The minimum absolute atomic E-state index is 0.0380. The van der Waals surface area contributed by atoms with E-state index in [9.17, 15) is 4.79 Å². The molecule has 1 atom stereocenters. The zero-order chi connectivity index (χ0) is 21.1. The summed E-state index contributed by atoms with van der Waals surface area (Å²) in [5, 5.41) is 1.13. The van der Waals surface area contributed by atoms with Crippen molar-refractivity contribution in [1.29, 1.82) is 0 Å². The minimum atomic E-state index is -0.0465. The number of benzene rings is 2. The van der Waals surface area contributed by atoms with E-state index in [-0.39, 0.29) is 12.0 Å². The van der Waals surface area contributed by atoms with Gasteiger partial charge in [0, 0.05) is 22.3 Å². The van der Waals surface area contributed by atoms with Gasteiger partial charge in [0.25, 0.3) is 5.91 Å². The molecular weight excluding hydrogens is 416 g/mol. The number of fused-ring (bicyclic) bond motifs is 1. The molecule has 0 N–H and O–H groups in total. The van der Waals surface area contributed by atoms with Gasteiger partial charge < -0.3 is 9.47 Å². The van der Waals surface area contributed by atoms with Crippen LogP contribution in [0.3, 0.4) is 0 Å². The van der Waals surface area contributed by atoms with Gasteiger partial charge in [-0.1, -0.05) is 37.3 Å². The van der Waals surface area contributed by atoms with Crippen LogP contribution >= 0.6 is 23.1 Å². The number of anilines is 1. The van der Waals surface area contributed by atoms with E-state index in [1.165, 1.54) is 11.3 Å². The number of rotatable bonds is 7. The third kappa shape index (κ3) is 4.63. The van der Waals surface area contributed by atoms with Crippen molar-refractivity contribution < 1.29 is 14.3 Å². The zero-order valence-electron chi connectivity index (χ0n) is 17.5. The molecule has 158 valence electrons. The monoisotopic (exact) mass is 442 g/mol. The summed E-state index contributed by atoms with van der Waals surface area (Å²) in [6.07, 6.45) is 2.03. The minimum Gasteiger partial charge on any atom is -0.494 e. The highest BCUT2D eigenvalue weighted by atomic mass is 32.2. The van der Waals surface area contributed by atoms with Crippen molar-refractivity contribution in [3.05, 3.63) is 48.0 Å². The Morgan fingerprint density at radius 3 is 2.90 bits per heavy atom. The lowest BCUT2D eigenvalue weighted by atomic mass is 10.2. The first kappa shape index (κ1) is 21.2. The molecule has 2 heterocycles. The number of ether oxygens (including phenoxy) is 2. The second-order valence-corrected chi connectivity index (χ2v) is 10.2. The summed E-state index contributed by atoms with van der Waals surface area (Å²) in [7, 11) is 1.64. The smallest absolute Gasteiger partial charge is 0.260 e. The Hall–Kier alpha value is -2.09. The molecule has 4 rings (SSSR count). The summed E-state index contributed by atoms with van der Waals surface area (Å²) < 4.78 is 12.3. The van der Waals surface area contributed by atoms with Crippen LogP contribution in [-0.2, 0) is 4.74 Å². The van der Waals surface area contributed by atoms with Crippen molar-refractivity contribution >= 4 is 44.4 Å². The van der Waals surface area contributed by atoms with Gasteiger partial charge in [0.15, 0.2) is 5.13 Å². The third-order valence-corrected chi connectivity index (χ3v) is 6.97. The molecule has 7 heteroatoms. The molecule has 0 saturated carbocycles. The highest BCUT2D eigenvalue weighted by Gasteiger charge is 2.27. The number of amides is 1. The first-order valence-electron chi connectivity index (χ1n) is 10.2. The number of para-hydroxylation sites is 1. The second-order valence-electron chi connectivity index (χ2n) is 7.55.